The van der Waals surface area contributed by atoms with Crippen molar-refractivity contribution in [3.63, 3.8) is 0 Å². The molecule has 180 valence electrons. The standard InChI is InChI=1S/C24H31FN2O5S/c1-5-24(29)26(4)14-22-16(2)13-27(17(3)15-28)33(30,31)23-11-8-19(12-21(23)32-22)18-6-9-20(25)10-7-18/h6-12,16-17,22,28H,5,13-15H2,1-4H3/t16-,17+,22-/m1/s1. The molecule has 1 N–H and O–H groups in total. The summed E-state index contributed by atoms with van der Waals surface area (Å²) in [5.74, 6) is -0.499. The average molecular weight is 479 g/mol. The Balaban J connectivity index is 2.11. The Labute approximate surface area is 194 Å². The first-order chi connectivity index (χ1) is 15.6. The van der Waals surface area contributed by atoms with Gasteiger partial charge in [0.25, 0.3) is 0 Å². The topological polar surface area (TPSA) is 87.2 Å². The summed E-state index contributed by atoms with van der Waals surface area (Å²) in [4.78, 5) is 13.8. The Morgan fingerprint density at radius 1 is 1.24 bits per heavy atom. The number of hydrogen-bond acceptors (Lipinski definition) is 5. The summed E-state index contributed by atoms with van der Waals surface area (Å²) in [5, 5.41) is 9.73. The van der Waals surface area contributed by atoms with Gasteiger partial charge < -0.3 is 14.7 Å². The molecule has 0 fully saturated rings. The molecule has 9 heteroatoms. The Morgan fingerprint density at radius 3 is 2.48 bits per heavy atom. The quantitative estimate of drug-likeness (QED) is 0.689. The van der Waals surface area contributed by atoms with Crippen LogP contribution in [0, 0.1) is 11.7 Å². The van der Waals surface area contributed by atoms with Gasteiger partial charge in [-0.25, -0.2) is 12.8 Å². The highest BCUT2D eigenvalue weighted by Gasteiger charge is 2.38. The molecule has 1 heterocycles. The van der Waals surface area contributed by atoms with Crippen molar-refractivity contribution in [2.24, 2.45) is 5.92 Å². The van der Waals surface area contributed by atoms with Crippen LogP contribution in [0.25, 0.3) is 11.1 Å². The summed E-state index contributed by atoms with van der Waals surface area (Å²) in [6.45, 7) is 5.41. The summed E-state index contributed by atoms with van der Waals surface area (Å²) in [7, 11) is -2.26. The third-order valence-electron chi connectivity index (χ3n) is 6.03. The number of aliphatic hydroxyl groups is 1. The molecule has 0 radical (unpaired) electrons. The van der Waals surface area contributed by atoms with Crippen LogP contribution in [0.1, 0.15) is 27.2 Å². The SMILES string of the molecule is CCC(=O)N(C)C[C@H]1Oc2cc(-c3ccc(F)cc3)ccc2S(=O)(=O)N([C@@H](C)CO)C[C@H]1C. The van der Waals surface area contributed by atoms with Gasteiger partial charge in [-0.2, -0.15) is 4.31 Å². The molecule has 2 aromatic carbocycles. The first-order valence-electron chi connectivity index (χ1n) is 11.0. The fourth-order valence-electron chi connectivity index (χ4n) is 3.91. The van der Waals surface area contributed by atoms with E-state index < -0.39 is 22.2 Å². The van der Waals surface area contributed by atoms with Crippen molar-refractivity contribution in [2.45, 2.75) is 44.2 Å². The van der Waals surface area contributed by atoms with Gasteiger partial charge in [0.1, 0.15) is 22.6 Å². The number of aliphatic hydroxyl groups excluding tert-OH is 1. The molecule has 3 rings (SSSR count). The summed E-state index contributed by atoms with van der Waals surface area (Å²) in [6, 6.07) is 10.0. The van der Waals surface area contributed by atoms with Gasteiger partial charge in [0.05, 0.1) is 13.2 Å². The number of carbonyl (C=O) groups excluding carboxylic acids is 1. The lowest BCUT2D eigenvalue weighted by molar-refractivity contribution is -0.131. The van der Waals surface area contributed by atoms with Crippen LogP contribution >= 0.6 is 0 Å². The smallest absolute Gasteiger partial charge is 0.247 e. The van der Waals surface area contributed by atoms with Gasteiger partial charge in [-0.1, -0.05) is 32.0 Å². The van der Waals surface area contributed by atoms with Gasteiger partial charge in [0.2, 0.25) is 15.9 Å². The highest BCUT2D eigenvalue weighted by Crippen LogP contribution is 2.36. The van der Waals surface area contributed by atoms with Crippen molar-refractivity contribution in [3.05, 3.63) is 48.3 Å². The Hall–Kier alpha value is -2.49. The van der Waals surface area contributed by atoms with Crippen molar-refractivity contribution in [2.75, 3.05) is 26.7 Å². The van der Waals surface area contributed by atoms with Crippen molar-refractivity contribution >= 4 is 15.9 Å². The zero-order chi connectivity index (χ0) is 24.3. The largest absolute Gasteiger partial charge is 0.487 e. The van der Waals surface area contributed by atoms with E-state index in [0.29, 0.717) is 17.5 Å². The van der Waals surface area contributed by atoms with Crippen LogP contribution in [0.2, 0.25) is 0 Å². The average Bonchev–Trinajstić information content (AvgIpc) is 2.80. The molecular formula is C24H31FN2O5S. The number of rotatable bonds is 6. The second-order valence-corrected chi connectivity index (χ2v) is 10.4. The van der Waals surface area contributed by atoms with Crippen LogP contribution in [0.4, 0.5) is 4.39 Å². The van der Waals surface area contributed by atoms with Crippen LogP contribution < -0.4 is 4.74 Å². The number of likely N-dealkylation sites (N-methyl/N-ethyl adjacent to an activating group) is 1. The lowest BCUT2D eigenvalue weighted by Crippen LogP contribution is -2.50. The van der Waals surface area contributed by atoms with Crippen LogP contribution in [-0.2, 0) is 14.8 Å². The lowest BCUT2D eigenvalue weighted by Gasteiger charge is -2.37. The number of halogens is 1. The van der Waals surface area contributed by atoms with E-state index in [-0.39, 0.29) is 48.0 Å². The molecule has 0 bridgehead atoms. The van der Waals surface area contributed by atoms with Crippen molar-refractivity contribution in [3.8, 4) is 16.9 Å². The second kappa shape index (κ2) is 10.2. The number of ether oxygens (including phenoxy) is 1. The number of sulfonamides is 1. The first-order valence-corrected chi connectivity index (χ1v) is 12.5. The number of amides is 1. The zero-order valence-corrected chi connectivity index (χ0v) is 20.2. The number of nitrogens with zero attached hydrogens (tertiary/aromatic N) is 2. The van der Waals surface area contributed by atoms with Gasteiger partial charge >= 0.3 is 0 Å². The summed E-state index contributed by atoms with van der Waals surface area (Å²) < 4.78 is 48.0. The fourth-order valence-corrected chi connectivity index (χ4v) is 5.73. The molecule has 7 nitrogen and oxygen atoms in total. The van der Waals surface area contributed by atoms with Gasteiger partial charge in [-0.05, 0) is 42.3 Å². The van der Waals surface area contributed by atoms with Crippen LogP contribution in [0.5, 0.6) is 5.75 Å². The number of hydrogen-bond donors (Lipinski definition) is 1. The van der Waals surface area contributed by atoms with E-state index in [9.17, 15) is 22.7 Å². The Bertz CT molecular complexity index is 1090. The molecule has 0 unspecified atom stereocenters. The van der Waals surface area contributed by atoms with Gasteiger partial charge in [-0.3, -0.25) is 4.79 Å². The highest BCUT2D eigenvalue weighted by molar-refractivity contribution is 7.89. The maximum Gasteiger partial charge on any atom is 0.247 e. The molecule has 0 aromatic heterocycles. The molecule has 2 aromatic rings. The molecule has 33 heavy (non-hydrogen) atoms. The Morgan fingerprint density at radius 2 is 1.88 bits per heavy atom. The zero-order valence-electron chi connectivity index (χ0n) is 19.4. The fraction of sp³-hybridized carbons (Fsp3) is 0.458. The molecule has 0 aliphatic carbocycles. The number of benzene rings is 2. The van der Waals surface area contributed by atoms with Crippen LogP contribution in [-0.4, -0.2) is 67.5 Å². The van der Waals surface area contributed by atoms with E-state index >= 15 is 0 Å². The van der Waals surface area contributed by atoms with E-state index in [2.05, 4.69) is 0 Å². The molecule has 3 atom stereocenters. The van der Waals surface area contributed by atoms with Gasteiger partial charge in [-0.15, -0.1) is 0 Å². The highest BCUT2D eigenvalue weighted by atomic mass is 32.2. The predicted octanol–water partition coefficient (Wildman–Crippen LogP) is 3.13. The molecule has 0 spiro atoms. The van der Waals surface area contributed by atoms with Crippen molar-refractivity contribution in [1.82, 2.24) is 9.21 Å². The van der Waals surface area contributed by atoms with Gasteiger partial charge in [0.15, 0.2) is 0 Å². The second-order valence-electron chi connectivity index (χ2n) is 8.54. The minimum atomic E-state index is -3.96. The Kier molecular flexibility index (Phi) is 7.76. The van der Waals surface area contributed by atoms with Crippen molar-refractivity contribution in [1.29, 1.82) is 0 Å². The van der Waals surface area contributed by atoms with E-state index in [1.54, 1.807) is 50.1 Å². The third kappa shape index (κ3) is 5.37. The number of carbonyl (C=O) groups is 1. The first kappa shape index (κ1) is 25.1. The minimum Gasteiger partial charge on any atom is -0.487 e. The van der Waals surface area contributed by atoms with E-state index in [0.717, 1.165) is 0 Å². The van der Waals surface area contributed by atoms with Crippen LogP contribution in [0.3, 0.4) is 0 Å². The maximum atomic E-state index is 13.5. The lowest BCUT2D eigenvalue weighted by atomic mass is 10.0. The minimum absolute atomic E-state index is 0.00460. The van der Waals surface area contributed by atoms with E-state index in [1.165, 1.54) is 22.5 Å². The summed E-state index contributed by atoms with van der Waals surface area (Å²) in [6.07, 6.45) is -0.123. The molecular weight excluding hydrogens is 447 g/mol. The molecule has 0 saturated heterocycles. The summed E-state index contributed by atoms with van der Waals surface area (Å²) in [5.41, 5.74) is 1.39. The van der Waals surface area contributed by atoms with E-state index in [4.69, 9.17) is 4.74 Å². The normalized spacial score (nSPS) is 21.3. The third-order valence-corrected chi connectivity index (χ3v) is 8.05. The molecule has 1 aliphatic heterocycles. The number of fused-ring (bicyclic) bond motifs is 1. The van der Waals surface area contributed by atoms with Crippen molar-refractivity contribution < 1.29 is 27.4 Å². The maximum absolute atomic E-state index is 13.5. The van der Waals surface area contributed by atoms with Gasteiger partial charge in [0, 0.05) is 32.0 Å². The van der Waals surface area contributed by atoms with E-state index in [1.807, 2.05) is 6.92 Å². The van der Waals surface area contributed by atoms with Crippen LogP contribution in [0.15, 0.2) is 47.4 Å². The molecule has 0 saturated carbocycles. The predicted molar refractivity (Wildman–Crippen MR) is 124 cm³/mol. The molecule has 1 aliphatic rings. The monoisotopic (exact) mass is 478 g/mol. The molecule has 1 amide bonds. The summed E-state index contributed by atoms with van der Waals surface area (Å²) >= 11 is 0.